The van der Waals surface area contributed by atoms with Crippen LogP contribution in [0.5, 0.6) is 0 Å². The van der Waals surface area contributed by atoms with E-state index < -0.39 is 18.1 Å². The second-order valence-electron chi connectivity index (χ2n) is 4.59. The Balaban J connectivity index is 2.85. The SMILES string of the molecule is C/C=C\C(Br)=C/[C@H]1CCCN(C(=O)C(F)(F)F)[C@H]1C. The van der Waals surface area contributed by atoms with Crippen LogP contribution in [-0.2, 0) is 4.79 Å². The maximum atomic E-state index is 12.5. The normalized spacial score (nSPS) is 26.0. The van der Waals surface area contributed by atoms with Crippen LogP contribution in [0.1, 0.15) is 26.7 Å². The van der Waals surface area contributed by atoms with Gasteiger partial charge in [0.15, 0.2) is 0 Å². The van der Waals surface area contributed by atoms with E-state index in [2.05, 4.69) is 15.9 Å². The molecule has 1 saturated heterocycles. The van der Waals surface area contributed by atoms with Crippen LogP contribution in [0.15, 0.2) is 22.7 Å². The number of allylic oxidation sites excluding steroid dienone is 3. The highest BCUT2D eigenvalue weighted by Gasteiger charge is 2.45. The van der Waals surface area contributed by atoms with Gasteiger partial charge in [0.25, 0.3) is 0 Å². The van der Waals surface area contributed by atoms with Gasteiger partial charge in [0.2, 0.25) is 0 Å². The van der Waals surface area contributed by atoms with Crippen LogP contribution >= 0.6 is 15.9 Å². The van der Waals surface area contributed by atoms with E-state index in [1.54, 1.807) is 6.92 Å². The average Bonchev–Trinajstić information content (AvgIpc) is 2.30. The maximum absolute atomic E-state index is 12.5. The van der Waals surface area contributed by atoms with Crippen molar-refractivity contribution in [3.63, 3.8) is 0 Å². The van der Waals surface area contributed by atoms with E-state index in [9.17, 15) is 18.0 Å². The first-order valence-corrected chi connectivity index (χ1v) is 6.94. The number of hydrogen-bond acceptors (Lipinski definition) is 1. The molecule has 0 N–H and O–H groups in total. The van der Waals surface area contributed by atoms with Gasteiger partial charge in [-0.2, -0.15) is 13.2 Å². The molecule has 2 atom stereocenters. The molecule has 1 rings (SSSR count). The molecule has 0 radical (unpaired) electrons. The Bertz CT molecular complexity index is 390. The van der Waals surface area contributed by atoms with Crippen molar-refractivity contribution in [1.82, 2.24) is 4.90 Å². The summed E-state index contributed by atoms with van der Waals surface area (Å²) in [6.45, 7) is 3.70. The quantitative estimate of drug-likeness (QED) is 0.695. The monoisotopic (exact) mass is 339 g/mol. The zero-order chi connectivity index (χ0) is 14.6. The van der Waals surface area contributed by atoms with Gasteiger partial charge in [0, 0.05) is 17.1 Å². The van der Waals surface area contributed by atoms with Crippen molar-refractivity contribution in [3.05, 3.63) is 22.7 Å². The molecule has 0 aromatic carbocycles. The molecule has 0 spiro atoms. The molecule has 0 aromatic rings. The summed E-state index contributed by atoms with van der Waals surface area (Å²) >= 11 is 3.35. The van der Waals surface area contributed by atoms with E-state index in [4.69, 9.17) is 0 Å². The van der Waals surface area contributed by atoms with E-state index >= 15 is 0 Å². The molecule has 0 bridgehead atoms. The van der Waals surface area contributed by atoms with Crippen LogP contribution in [0, 0.1) is 5.92 Å². The number of likely N-dealkylation sites (tertiary alicyclic amines) is 1. The number of piperidine rings is 1. The highest BCUT2D eigenvalue weighted by molar-refractivity contribution is 9.11. The molecule has 1 aliphatic heterocycles. The molecule has 1 heterocycles. The van der Waals surface area contributed by atoms with Crippen molar-refractivity contribution in [2.24, 2.45) is 5.92 Å². The lowest BCUT2D eigenvalue weighted by molar-refractivity contribution is -0.189. The highest BCUT2D eigenvalue weighted by atomic mass is 79.9. The zero-order valence-electron chi connectivity index (χ0n) is 10.9. The van der Waals surface area contributed by atoms with Crippen molar-refractivity contribution < 1.29 is 18.0 Å². The van der Waals surface area contributed by atoms with Crippen molar-refractivity contribution in [1.29, 1.82) is 0 Å². The van der Waals surface area contributed by atoms with Gasteiger partial charge in [-0.15, -0.1) is 0 Å². The van der Waals surface area contributed by atoms with Crippen molar-refractivity contribution in [2.45, 2.75) is 38.9 Å². The predicted octanol–water partition coefficient (Wildman–Crippen LogP) is 4.03. The minimum atomic E-state index is -4.79. The summed E-state index contributed by atoms with van der Waals surface area (Å²) in [6, 6.07) is -0.444. The average molecular weight is 340 g/mol. The van der Waals surface area contributed by atoms with Gasteiger partial charge in [-0.05, 0) is 32.6 Å². The highest BCUT2D eigenvalue weighted by Crippen LogP contribution is 2.30. The van der Waals surface area contributed by atoms with Gasteiger partial charge < -0.3 is 4.90 Å². The summed E-state index contributed by atoms with van der Waals surface area (Å²) in [5.41, 5.74) is 0. The Hall–Kier alpha value is -0.780. The van der Waals surface area contributed by atoms with Gasteiger partial charge in [-0.1, -0.05) is 34.2 Å². The van der Waals surface area contributed by atoms with E-state index in [0.717, 1.165) is 15.8 Å². The molecule has 1 amide bonds. The summed E-state index contributed by atoms with van der Waals surface area (Å²) in [7, 11) is 0. The third-order valence-corrected chi connectivity index (χ3v) is 3.78. The largest absolute Gasteiger partial charge is 0.471 e. The van der Waals surface area contributed by atoms with E-state index in [1.165, 1.54) is 0 Å². The summed E-state index contributed by atoms with van der Waals surface area (Å²) in [5, 5.41) is 0. The van der Waals surface area contributed by atoms with Crippen LogP contribution < -0.4 is 0 Å². The number of nitrogens with zero attached hydrogens (tertiary/aromatic N) is 1. The zero-order valence-corrected chi connectivity index (χ0v) is 12.5. The second-order valence-corrected chi connectivity index (χ2v) is 5.51. The lowest BCUT2D eigenvalue weighted by atomic mass is 9.89. The Morgan fingerprint density at radius 2 is 2.05 bits per heavy atom. The molecule has 19 heavy (non-hydrogen) atoms. The molecule has 6 heteroatoms. The molecule has 1 aliphatic rings. The first-order valence-electron chi connectivity index (χ1n) is 6.15. The number of rotatable bonds is 2. The van der Waals surface area contributed by atoms with E-state index in [-0.39, 0.29) is 12.5 Å². The van der Waals surface area contributed by atoms with Crippen molar-refractivity contribution >= 4 is 21.8 Å². The predicted molar refractivity (Wildman–Crippen MR) is 71.8 cm³/mol. The van der Waals surface area contributed by atoms with E-state index in [1.807, 2.05) is 25.2 Å². The van der Waals surface area contributed by atoms with Gasteiger partial charge in [-0.3, -0.25) is 4.79 Å². The first-order chi connectivity index (χ1) is 8.77. The lowest BCUT2D eigenvalue weighted by Gasteiger charge is -2.38. The third kappa shape index (κ3) is 4.37. The fourth-order valence-corrected chi connectivity index (χ4v) is 2.87. The van der Waals surface area contributed by atoms with Crippen LogP contribution in [0.3, 0.4) is 0 Å². The van der Waals surface area contributed by atoms with E-state index in [0.29, 0.717) is 6.42 Å². The van der Waals surface area contributed by atoms with Crippen molar-refractivity contribution in [3.8, 4) is 0 Å². The number of hydrogen-bond donors (Lipinski definition) is 0. The summed E-state index contributed by atoms with van der Waals surface area (Å²) < 4.78 is 38.3. The fraction of sp³-hybridized carbons (Fsp3) is 0.615. The minimum Gasteiger partial charge on any atom is -0.332 e. The molecule has 0 aromatic heterocycles. The Labute approximate surface area is 119 Å². The maximum Gasteiger partial charge on any atom is 0.471 e. The molecular weight excluding hydrogens is 323 g/mol. The number of carbonyl (C=O) groups excluding carboxylic acids is 1. The standard InChI is InChI=1S/C13H17BrF3NO/c1-3-5-11(14)8-10-6-4-7-18(9(10)2)12(19)13(15,16)17/h3,5,8-10H,4,6-7H2,1-2H3/b5-3-,11-8+/t9-,10+/m0/s1. The number of alkyl halides is 3. The minimum absolute atomic E-state index is 0.0642. The third-order valence-electron chi connectivity index (χ3n) is 3.25. The number of amides is 1. The van der Waals surface area contributed by atoms with Crippen LogP contribution in [-0.4, -0.2) is 29.6 Å². The Morgan fingerprint density at radius 1 is 1.42 bits per heavy atom. The van der Waals surface area contributed by atoms with Gasteiger partial charge >= 0.3 is 12.1 Å². The fourth-order valence-electron chi connectivity index (χ4n) is 2.26. The molecule has 108 valence electrons. The first kappa shape index (κ1) is 16.3. The van der Waals surface area contributed by atoms with Gasteiger partial charge in [0.05, 0.1) is 0 Å². The van der Waals surface area contributed by atoms with Crippen molar-refractivity contribution in [2.75, 3.05) is 6.54 Å². The number of carbonyl (C=O) groups is 1. The lowest BCUT2D eigenvalue weighted by Crippen LogP contribution is -2.51. The topological polar surface area (TPSA) is 20.3 Å². The van der Waals surface area contributed by atoms with Crippen LogP contribution in [0.2, 0.25) is 0 Å². The Kier molecular flexibility index (Phi) is 5.64. The van der Waals surface area contributed by atoms with Crippen LogP contribution in [0.4, 0.5) is 13.2 Å². The van der Waals surface area contributed by atoms with Gasteiger partial charge in [0.1, 0.15) is 0 Å². The molecule has 2 nitrogen and oxygen atoms in total. The summed E-state index contributed by atoms with van der Waals surface area (Å²) in [5.74, 6) is -1.80. The molecule has 0 saturated carbocycles. The number of halogens is 4. The second kappa shape index (κ2) is 6.59. The molecule has 0 aliphatic carbocycles. The smallest absolute Gasteiger partial charge is 0.332 e. The van der Waals surface area contributed by atoms with Crippen LogP contribution in [0.25, 0.3) is 0 Å². The Morgan fingerprint density at radius 3 is 2.58 bits per heavy atom. The molecular formula is C13H17BrF3NO. The van der Waals surface area contributed by atoms with Gasteiger partial charge in [-0.25, -0.2) is 0 Å². The summed E-state index contributed by atoms with van der Waals surface area (Å²) in [6.07, 6.45) is 2.13. The molecule has 0 unspecified atom stereocenters. The molecule has 1 fully saturated rings. The summed E-state index contributed by atoms with van der Waals surface area (Å²) in [4.78, 5) is 12.3.